The van der Waals surface area contributed by atoms with E-state index in [1.54, 1.807) is 21.3 Å². The molecule has 4 nitrogen and oxygen atoms in total. The van der Waals surface area contributed by atoms with Crippen LogP contribution in [0, 0.1) is 0 Å². The summed E-state index contributed by atoms with van der Waals surface area (Å²) < 4.78 is 17.3. The molecule has 112 valence electrons. The van der Waals surface area contributed by atoms with Crippen molar-refractivity contribution in [1.29, 1.82) is 0 Å². The van der Waals surface area contributed by atoms with Gasteiger partial charge in [-0.05, 0) is 19.1 Å². The molecule has 0 unspecified atom stereocenters. The summed E-state index contributed by atoms with van der Waals surface area (Å²) in [6.45, 7) is 14.0. The summed E-state index contributed by atoms with van der Waals surface area (Å²) in [6.07, 6.45) is 4.98. The Labute approximate surface area is 119 Å². The molecular weight excluding hydrogens is 258 g/mol. The fourth-order valence-electron chi connectivity index (χ4n) is 2.41. The monoisotopic (exact) mass is 288 g/mol. The van der Waals surface area contributed by atoms with Gasteiger partial charge in [-0.1, -0.05) is 13.2 Å². The van der Waals surface area contributed by atoms with Gasteiger partial charge in [-0.25, -0.2) is 0 Å². The summed E-state index contributed by atoms with van der Waals surface area (Å²) >= 11 is 0. The zero-order chi connectivity index (χ0) is 14.8. The van der Waals surface area contributed by atoms with Gasteiger partial charge >= 0.3 is 8.80 Å². The lowest BCUT2D eigenvalue weighted by atomic mass is 10.2. The van der Waals surface area contributed by atoms with Gasteiger partial charge in [0.1, 0.15) is 0 Å². The Kier molecular flexibility index (Phi) is 9.21. The van der Waals surface area contributed by atoms with Gasteiger partial charge in [-0.3, -0.25) is 0 Å². The SMILES string of the molecule is C=CC[N+](CC)(CC=C)CCC[Si](OC)(OC)OC. The first-order valence-corrected chi connectivity index (χ1v) is 8.73. The summed E-state index contributed by atoms with van der Waals surface area (Å²) in [7, 11) is 2.55. The number of nitrogens with zero attached hydrogens (tertiary/aromatic N) is 1. The summed E-state index contributed by atoms with van der Waals surface area (Å²) in [5.74, 6) is 0. The maximum absolute atomic E-state index is 5.45. The molecule has 0 heterocycles. The highest BCUT2D eigenvalue weighted by molar-refractivity contribution is 6.60. The van der Waals surface area contributed by atoms with E-state index >= 15 is 0 Å². The Bertz CT molecular complexity index is 249. The highest BCUT2D eigenvalue weighted by Crippen LogP contribution is 2.18. The minimum absolute atomic E-state index is 0.838. The molecule has 0 saturated heterocycles. The van der Waals surface area contributed by atoms with Crippen molar-refractivity contribution in [3.8, 4) is 0 Å². The van der Waals surface area contributed by atoms with Crippen molar-refractivity contribution < 1.29 is 17.8 Å². The fourth-order valence-corrected chi connectivity index (χ4v) is 4.11. The molecule has 0 aromatic rings. The second kappa shape index (κ2) is 9.44. The molecule has 0 rings (SSSR count). The number of hydrogen-bond acceptors (Lipinski definition) is 3. The smallest absolute Gasteiger partial charge is 0.377 e. The van der Waals surface area contributed by atoms with E-state index in [2.05, 4.69) is 20.1 Å². The van der Waals surface area contributed by atoms with Crippen molar-refractivity contribution in [1.82, 2.24) is 0 Å². The Balaban J connectivity index is 4.54. The molecule has 5 heteroatoms. The minimum Gasteiger partial charge on any atom is -0.377 e. The highest BCUT2D eigenvalue weighted by Gasteiger charge is 2.38. The number of quaternary nitrogens is 1. The van der Waals surface area contributed by atoms with Crippen LogP contribution < -0.4 is 0 Å². The molecule has 0 atom stereocenters. The second-order valence-electron chi connectivity index (χ2n) is 4.72. The van der Waals surface area contributed by atoms with E-state index in [9.17, 15) is 0 Å². The van der Waals surface area contributed by atoms with Crippen molar-refractivity contribution in [2.75, 3.05) is 47.5 Å². The van der Waals surface area contributed by atoms with Crippen LogP contribution in [0.15, 0.2) is 25.3 Å². The molecule has 0 aromatic carbocycles. The van der Waals surface area contributed by atoms with Gasteiger partial charge in [0, 0.05) is 33.8 Å². The molecule has 0 aliphatic rings. The number of hydrogen-bond donors (Lipinski definition) is 0. The molecule has 19 heavy (non-hydrogen) atoms. The molecule has 0 N–H and O–H groups in total. The van der Waals surface area contributed by atoms with Gasteiger partial charge in [0.25, 0.3) is 0 Å². The molecule has 0 fully saturated rings. The number of likely N-dealkylation sites (N-methyl/N-ethyl adjacent to an activating group) is 1. The third kappa shape index (κ3) is 5.58. The average Bonchev–Trinajstić information content (AvgIpc) is 2.44. The van der Waals surface area contributed by atoms with Crippen LogP contribution in [0.2, 0.25) is 6.04 Å². The maximum Gasteiger partial charge on any atom is 0.500 e. The van der Waals surface area contributed by atoms with Gasteiger partial charge < -0.3 is 17.8 Å². The van der Waals surface area contributed by atoms with Gasteiger partial charge in [0.2, 0.25) is 0 Å². The molecular formula is C14H30NO3Si+. The van der Waals surface area contributed by atoms with E-state index in [-0.39, 0.29) is 0 Å². The zero-order valence-corrected chi connectivity index (χ0v) is 14.0. The summed E-state index contributed by atoms with van der Waals surface area (Å²) in [5.41, 5.74) is 0. The second-order valence-corrected chi connectivity index (χ2v) is 7.81. The standard InChI is InChI=1S/C14H30NO3Si/c1-7-11-15(9-3,12-8-2)13-10-14-19(16-4,17-5)18-6/h7-8H,1-2,9-14H2,3-6H3/q+1. The number of rotatable bonds is 12. The van der Waals surface area contributed by atoms with Gasteiger partial charge in [-0.15, -0.1) is 0 Å². The third-order valence-corrected chi connectivity index (χ3v) is 6.58. The van der Waals surface area contributed by atoms with Crippen molar-refractivity contribution in [2.24, 2.45) is 0 Å². The Morgan fingerprint density at radius 2 is 1.47 bits per heavy atom. The lowest BCUT2D eigenvalue weighted by Crippen LogP contribution is -2.50. The molecule has 0 spiro atoms. The molecule has 0 amide bonds. The Morgan fingerprint density at radius 3 is 1.79 bits per heavy atom. The molecule has 0 saturated carbocycles. The summed E-state index contributed by atoms with van der Waals surface area (Å²) in [6, 6.07) is 0.838. The minimum atomic E-state index is -2.44. The van der Waals surface area contributed by atoms with Crippen LogP contribution in [-0.4, -0.2) is 60.8 Å². The Hall–Kier alpha value is -0.463. The van der Waals surface area contributed by atoms with Gasteiger partial charge in [0.15, 0.2) is 0 Å². The van der Waals surface area contributed by atoms with Gasteiger partial charge in [0.05, 0.1) is 26.2 Å². The van der Waals surface area contributed by atoms with E-state index in [1.165, 1.54) is 0 Å². The normalized spacial score (nSPS) is 12.4. The van der Waals surface area contributed by atoms with Crippen LogP contribution in [0.1, 0.15) is 13.3 Å². The lowest BCUT2D eigenvalue weighted by molar-refractivity contribution is -0.915. The zero-order valence-electron chi connectivity index (χ0n) is 13.0. The van der Waals surface area contributed by atoms with E-state index in [1.807, 2.05) is 12.2 Å². The average molecular weight is 288 g/mol. The summed E-state index contributed by atoms with van der Waals surface area (Å²) in [5, 5.41) is 0. The van der Waals surface area contributed by atoms with E-state index in [0.29, 0.717) is 0 Å². The van der Waals surface area contributed by atoms with Gasteiger partial charge in [-0.2, -0.15) is 0 Å². The predicted octanol–water partition coefficient (Wildman–Crippen LogP) is 2.46. The van der Waals surface area contributed by atoms with Crippen molar-refractivity contribution >= 4 is 8.80 Å². The Morgan fingerprint density at radius 1 is 1.00 bits per heavy atom. The van der Waals surface area contributed by atoms with Crippen molar-refractivity contribution in [3.63, 3.8) is 0 Å². The first kappa shape index (κ1) is 18.5. The van der Waals surface area contributed by atoms with Crippen LogP contribution in [0.4, 0.5) is 0 Å². The largest absolute Gasteiger partial charge is 0.500 e. The first-order chi connectivity index (χ1) is 9.07. The van der Waals surface area contributed by atoms with E-state index in [4.69, 9.17) is 13.3 Å². The van der Waals surface area contributed by atoms with E-state index in [0.717, 1.165) is 43.1 Å². The summed E-state index contributed by atoms with van der Waals surface area (Å²) in [4.78, 5) is 0. The highest BCUT2D eigenvalue weighted by atomic mass is 28.4. The fraction of sp³-hybridized carbons (Fsp3) is 0.714. The third-order valence-electron chi connectivity index (χ3n) is 3.75. The molecule has 0 radical (unpaired) electrons. The molecule has 0 aromatic heterocycles. The van der Waals surface area contributed by atoms with Crippen molar-refractivity contribution in [2.45, 2.75) is 19.4 Å². The molecule has 0 bridgehead atoms. The van der Waals surface area contributed by atoms with E-state index < -0.39 is 8.80 Å². The molecule has 0 aliphatic heterocycles. The van der Waals surface area contributed by atoms with Crippen LogP contribution in [0.3, 0.4) is 0 Å². The topological polar surface area (TPSA) is 27.7 Å². The maximum atomic E-state index is 5.45. The predicted molar refractivity (Wildman–Crippen MR) is 82.0 cm³/mol. The lowest BCUT2D eigenvalue weighted by Gasteiger charge is -2.36. The van der Waals surface area contributed by atoms with Crippen LogP contribution in [-0.2, 0) is 13.3 Å². The first-order valence-electron chi connectivity index (χ1n) is 6.80. The van der Waals surface area contributed by atoms with Crippen LogP contribution in [0.25, 0.3) is 0 Å². The quantitative estimate of drug-likeness (QED) is 0.314. The van der Waals surface area contributed by atoms with Crippen LogP contribution in [0.5, 0.6) is 0 Å². The van der Waals surface area contributed by atoms with Crippen molar-refractivity contribution in [3.05, 3.63) is 25.3 Å². The van der Waals surface area contributed by atoms with Crippen LogP contribution >= 0.6 is 0 Å². The molecule has 0 aliphatic carbocycles.